The fourth-order valence-corrected chi connectivity index (χ4v) is 2.45. The van der Waals surface area contributed by atoms with Gasteiger partial charge in [-0.25, -0.2) is 9.48 Å². The van der Waals surface area contributed by atoms with Crippen molar-refractivity contribution in [3.05, 3.63) is 40.8 Å². The number of nitrogens with zero attached hydrogens (tertiary/aromatic N) is 2. The molecule has 1 heterocycles. The Bertz CT molecular complexity index is 799. The zero-order valence-electron chi connectivity index (χ0n) is 13.1. The summed E-state index contributed by atoms with van der Waals surface area (Å²) in [5.41, 5.74) is -1.74. The number of aromatic nitrogens is 2. The average molecular weight is 317 g/mol. The molecule has 1 amide bonds. The molecule has 0 fully saturated rings. The summed E-state index contributed by atoms with van der Waals surface area (Å²) in [5, 5.41) is 16.9. The van der Waals surface area contributed by atoms with Crippen LogP contribution >= 0.6 is 0 Å². The lowest BCUT2D eigenvalue weighted by Gasteiger charge is -2.25. The van der Waals surface area contributed by atoms with Crippen molar-refractivity contribution >= 4 is 22.6 Å². The first kappa shape index (κ1) is 16.7. The topological polar surface area (TPSA) is 101 Å². The number of hydrogen-bond acceptors (Lipinski definition) is 4. The fraction of sp³-hybridized carbons (Fsp3) is 0.375. The SMILES string of the molecule is CCCC(C)(NC(=O)Cn1ncc2ccccc2c1=O)C(=O)O. The van der Waals surface area contributed by atoms with Gasteiger partial charge >= 0.3 is 5.97 Å². The highest BCUT2D eigenvalue weighted by atomic mass is 16.4. The van der Waals surface area contributed by atoms with Crippen LogP contribution in [0.1, 0.15) is 26.7 Å². The van der Waals surface area contributed by atoms with Gasteiger partial charge in [-0.3, -0.25) is 9.59 Å². The largest absolute Gasteiger partial charge is 0.480 e. The lowest BCUT2D eigenvalue weighted by molar-refractivity contribution is -0.147. The minimum atomic E-state index is -1.35. The zero-order valence-corrected chi connectivity index (χ0v) is 13.1. The van der Waals surface area contributed by atoms with Crippen LogP contribution in [0.2, 0.25) is 0 Å². The van der Waals surface area contributed by atoms with Gasteiger partial charge in [-0.1, -0.05) is 31.5 Å². The molecule has 0 aliphatic heterocycles. The highest BCUT2D eigenvalue weighted by molar-refractivity contribution is 5.86. The van der Waals surface area contributed by atoms with E-state index in [1.165, 1.54) is 13.1 Å². The molecule has 0 radical (unpaired) electrons. The molecule has 0 saturated heterocycles. The second-order valence-electron chi connectivity index (χ2n) is 5.63. The van der Waals surface area contributed by atoms with Crippen molar-refractivity contribution in [1.82, 2.24) is 15.1 Å². The zero-order chi connectivity index (χ0) is 17.0. The molecule has 1 unspecified atom stereocenters. The lowest BCUT2D eigenvalue weighted by atomic mass is 9.96. The van der Waals surface area contributed by atoms with Crippen molar-refractivity contribution in [2.24, 2.45) is 0 Å². The van der Waals surface area contributed by atoms with Crippen LogP contribution in [-0.4, -0.2) is 32.3 Å². The predicted molar refractivity (Wildman–Crippen MR) is 85.1 cm³/mol. The van der Waals surface area contributed by atoms with Crippen LogP contribution in [0, 0.1) is 0 Å². The van der Waals surface area contributed by atoms with Crippen molar-refractivity contribution in [3.8, 4) is 0 Å². The number of fused-ring (bicyclic) bond motifs is 1. The molecule has 1 aromatic carbocycles. The molecule has 1 aromatic heterocycles. The summed E-state index contributed by atoms with van der Waals surface area (Å²) in [6.45, 7) is 2.96. The maximum Gasteiger partial charge on any atom is 0.329 e. The van der Waals surface area contributed by atoms with E-state index < -0.39 is 17.4 Å². The van der Waals surface area contributed by atoms with Gasteiger partial charge in [0.25, 0.3) is 5.56 Å². The van der Waals surface area contributed by atoms with Crippen molar-refractivity contribution < 1.29 is 14.7 Å². The van der Waals surface area contributed by atoms with Crippen LogP contribution < -0.4 is 10.9 Å². The summed E-state index contributed by atoms with van der Waals surface area (Å²) < 4.78 is 1.03. The Kier molecular flexibility index (Phi) is 4.78. The maximum absolute atomic E-state index is 12.3. The minimum Gasteiger partial charge on any atom is -0.480 e. The Labute approximate surface area is 132 Å². The third-order valence-electron chi connectivity index (χ3n) is 3.69. The van der Waals surface area contributed by atoms with Crippen molar-refractivity contribution in [3.63, 3.8) is 0 Å². The monoisotopic (exact) mass is 317 g/mol. The maximum atomic E-state index is 12.3. The van der Waals surface area contributed by atoms with Gasteiger partial charge in [0.05, 0.1) is 11.6 Å². The molecule has 0 bridgehead atoms. The van der Waals surface area contributed by atoms with E-state index in [1.54, 1.807) is 24.3 Å². The number of hydrogen-bond donors (Lipinski definition) is 2. The summed E-state index contributed by atoms with van der Waals surface area (Å²) in [5.74, 6) is -1.67. The van der Waals surface area contributed by atoms with Crippen LogP contribution in [-0.2, 0) is 16.1 Å². The summed E-state index contributed by atoms with van der Waals surface area (Å²) in [6.07, 6.45) is 2.41. The quantitative estimate of drug-likeness (QED) is 0.832. The second kappa shape index (κ2) is 6.60. The Hall–Kier alpha value is -2.70. The van der Waals surface area contributed by atoms with Gasteiger partial charge in [0, 0.05) is 5.39 Å². The Morgan fingerprint density at radius 1 is 1.35 bits per heavy atom. The average Bonchev–Trinajstić information content (AvgIpc) is 2.50. The molecule has 2 N–H and O–H groups in total. The fourth-order valence-electron chi connectivity index (χ4n) is 2.45. The van der Waals surface area contributed by atoms with Crippen LogP contribution in [0.25, 0.3) is 10.8 Å². The number of benzene rings is 1. The van der Waals surface area contributed by atoms with Gasteiger partial charge in [-0.15, -0.1) is 0 Å². The molecule has 0 spiro atoms. The molecular formula is C16H19N3O4. The standard InChI is InChI=1S/C16H19N3O4/c1-3-8-16(2,15(22)23)18-13(20)10-19-14(21)12-7-5-4-6-11(12)9-17-19/h4-7,9H,3,8,10H2,1-2H3,(H,18,20)(H,22,23). The number of amides is 1. The first-order chi connectivity index (χ1) is 10.9. The first-order valence-corrected chi connectivity index (χ1v) is 7.36. The van der Waals surface area contributed by atoms with Gasteiger partial charge in [0.1, 0.15) is 12.1 Å². The number of aliphatic carboxylic acids is 1. The molecule has 122 valence electrons. The second-order valence-corrected chi connectivity index (χ2v) is 5.63. The van der Waals surface area contributed by atoms with Crippen LogP contribution in [0.3, 0.4) is 0 Å². The molecule has 2 rings (SSSR count). The first-order valence-electron chi connectivity index (χ1n) is 7.36. The van der Waals surface area contributed by atoms with E-state index in [1.807, 2.05) is 6.92 Å². The van der Waals surface area contributed by atoms with E-state index >= 15 is 0 Å². The number of carboxylic acid groups (broad SMARTS) is 1. The van der Waals surface area contributed by atoms with Gasteiger partial charge < -0.3 is 10.4 Å². The predicted octanol–water partition coefficient (Wildman–Crippen LogP) is 1.16. The van der Waals surface area contributed by atoms with Crippen LogP contribution in [0.15, 0.2) is 35.3 Å². The Balaban J connectivity index is 2.22. The molecule has 23 heavy (non-hydrogen) atoms. The highest BCUT2D eigenvalue weighted by Gasteiger charge is 2.33. The van der Waals surface area contributed by atoms with Gasteiger partial charge in [0.2, 0.25) is 5.91 Å². The number of rotatable bonds is 6. The summed E-state index contributed by atoms with van der Waals surface area (Å²) >= 11 is 0. The normalized spacial score (nSPS) is 13.5. The van der Waals surface area contributed by atoms with Crippen LogP contribution in [0.5, 0.6) is 0 Å². The number of carbonyl (C=O) groups is 2. The van der Waals surface area contributed by atoms with Crippen molar-refractivity contribution in [1.29, 1.82) is 0 Å². The summed E-state index contributed by atoms with van der Waals surface area (Å²) in [6, 6.07) is 6.95. The smallest absolute Gasteiger partial charge is 0.329 e. The molecule has 0 aliphatic rings. The van der Waals surface area contributed by atoms with E-state index in [0.29, 0.717) is 23.6 Å². The molecule has 1 atom stereocenters. The number of carboxylic acids is 1. The molecular weight excluding hydrogens is 298 g/mol. The Morgan fingerprint density at radius 2 is 2.04 bits per heavy atom. The molecule has 7 nitrogen and oxygen atoms in total. The van der Waals surface area contributed by atoms with Crippen molar-refractivity contribution in [2.75, 3.05) is 0 Å². The lowest BCUT2D eigenvalue weighted by Crippen LogP contribution is -2.53. The van der Waals surface area contributed by atoms with Gasteiger partial charge in [0.15, 0.2) is 0 Å². The Morgan fingerprint density at radius 3 is 2.70 bits per heavy atom. The van der Waals surface area contributed by atoms with E-state index in [9.17, 15) is 19.5 Å². The molecule has 0 aliphatic carbocycles. The van der Waals surface area contributed by atoms with E-state index in [4.69, 9.17) is 0 Å². The highest BCUT2D eigenvalue weighted by Crippen LogP contribution is 2.12. The van der Waals surface area contributed by atoms with E-state index in [2.05, 4.69) is 10.4 Å². The van der Waals surface area contributed by atoms with Crippen molar-refractivity contribution in [2.45, 2.75) is 38.8 Å². The van der Waals surface area contributed by atoms with Gasteiger partial charge in [-0.05, 0) is 19.4 Å². The van der Waals surface area contributed by atoms with Crippen LogP contribution in [0.4, 0.5) is 0 Å². The molecule has 0 saturated carbocycles. The summed E-state index contributed by atoms with van der Waals surface area (Å²) in [7, 11) is 0. The van der Waals surface area contributed by atoms with Gasteiger partial charge in [-0.2, -0.15) is 5.10 Å². The van der Waals surface area contributed by atoms with E-state index in [-0.39, 0.29) is 12.1 Å². The number of nitrogens with one attached hydrogen (secondary N) is 1. The number of carbonyl (C=O) groups excluding carboxylic acids is 1. The molecule has 7 heteroatoms. The molecule has 2 aromatic rings. The van der Waals surface area contributed by atoms with E-state index in [0.717, 1.165) is 4.68 Å². The minimum absolute atomic E-state index is 0.300. The third-order valence-corrected chi connectivity index (χ3v) is 3.69. The summed E-state index contributed by atoms with van der Waals surface area (Å²) in [4.78, 5) is 35.8. The third kappa shape index (κ3) is 3.56.